The van der Waals surface area contributed by atoms with Gasteiger partial charge in [-0.15, -0.1) is 0 Å². The number of carbonyl (C=O) groups excluding carboxylic acids is 1. The number of sulfonamides is 1. The van der Waals surface area contributed by atoms with E-state index in [2.05, 4.69) is 42.4 Å². The Kier molecular flexibility index (Phi) is 8.56. The van der Waals surface area contributed by atoms with Crippen LogP contribution in [0.5, 0.6) is 0 Å². The number of hydrazone groups is 1. The Bertz CT molecular complexity index is 1050. The molecule has 1 saturated heterocycles. The number of halogens is 2. The van der Waals surface area contributed by atoms with Gasteiger partial charge in [-0.2, -0.15) is 9.41 Å². The molecule has 0 saturated carbocycles. The van der Waals surface area contributed by atoms with E-state index in [0.29, 0.717) is 26.2 Å². The third-order valence-electron chi connectivity index (χ3n) is 4.63. The van der Waals surface area contributed by atoms with Crippen LogP contribution >= 0.6 is 31.9 Å². The Labute approximate surface area is 199 Å². The summed E-state index contributed by atoms with van der Waals surface area (Å²) in [7, 11) is -3.53. The van der Waals surface area contributed by atoms with E-state index in [9.17, 15) is 13.2 Å². The number of nitrogens with zero attached hydrogens (tertiary/aromatic N) is 3. The zero-order valence-electron chi connectivity index (χ0n) is 16.6. The van der Waals surface area contributed by atoms with Crippen LogP contribution < -0.4 is 5.43 Å². The Morgan fingerprint density at radius 1 is 1.03 bits per heavy atom. The lowest BCUT2D eigenvalue weighted by Crippen LogP contribution is -2.50. The second-order valence-corrected chi connectivity index (χ2v) is 10.6. The first-order valence-electron chi connectivity index (χ1n) is 9.57. The maximum absolute atomic E-state index is 12.7. The number of amides is 1. The highest BCUT2D eigenvalue weighted by Crippen LogP contribution is 2.20. The fraction of sp³-hybridized carbons (Fsp3) is 0.238. The quantitative estimate of drug-likeness (QED) is 0.410. The van der Waals surface area contributed by atoms with Gasteiger partial charge in [0.2, 0.25) is 10.0 Å². The zero-order chi connectivity index (χ0) is 22.3. The molecule has 0 spiro atoms. The van der Waals surface area contributed by atoms with E-state index in [0.717, 1.165) is 14.5 Å². The van der Waals surface area contributed by atoms with Crippen molar-refractivity contribution in [2.24, 2.45) is 5.10 Å². The van der Waals surface area contributed by atoms with Gasteiger partial charge in [0, 0.05) is 35.1 Å². The monoisotopic (exact) mass is 568 g/mol. The van der Waals surface area contributed by atoms with Gasteiger partial charge in [0.15, 0.2) is 0 Å². The summed E-state index contributed by atoms with van der Waals surface area (Å²) < 4.78 is 28.5. The highest BCUT2D eigenvalue weighted by molar-refractivity contribution is 9.12. The van der Waals surface area contributed by atoms with Crippen LogP contribution in [0.1, 0.15) is 5.56 Å². The Morgan fingerprint density at radius 3 is 2.32 bits per heavy atom. The van der Waals surface area contributed by atoms with E-state index in [1.807, 2.05) is 41.3 Å². The molecule has 0 aromatic heterocycles. The van der Waals surface area contributed by atoms with Crippen molar-refractivity contribution in [2.45, 2.75) is 4.90 Å². The lowest BCUT2D eigenvalue weighted by molar-refractivity contribution is -0.122. The van der Waals surface area contributed by atoms with Crippen LogP contribution in [0.3, 0.4) is 0 Å². The summed E-state index contributed by atoms with van der Waals surface area (Å²) >= 11 is 6.71. The molecule has 2 aromatic rings. The first-order valence-corrected chi connectivity index (χ1v) is 12.6. The second kappa shape index (κ2) is 11.1. The van der Waals surface area contributed by atoms with Crippen molar-refractivity contribution < 1.29 is 13.2 Å². The van der Waals surface area contributed by atoms with Gasteiger partial charge in [0.1, 0.15) is 0 Å². The molecular weight excluding hydrogens is 548 g/mol. The predicted octanol–water partition coefficient (Wildman–Crippen LogP) is 3.29. The topological polar surface area (TPSA) is 82.1 Å². The average Bonchev–Trinajstić information content (AvgIpc) is 2.75. The number of benzene rings is 2. The van der Waals surface area contributed by atoms with E-state index in [-0.39, 0.29) is 17.3 Å². The molecule has 1 N–H and O–H groups in total. The molecule has 3 rings (SSSR count). The molecule has 1 aliphatic heterocycles. The second-order valence-electron chi connectivity index (χ2n) is 6.87. The van der Waals surface area contributed by atoms with Crippen LogP contribution in [-0.2, 0) is 14.8 Å². The first-order chi connectivity index (χ1) is 14.8. The number of hydrogen-bond donors (Lipinski definition) is 1. The fourth-order valence-electron chi connectivity index (χ4n) is 3.03. The molecule has 31 heavy (non-hydrogen) atoms. The molecule has 164 valence electrons. The zero-order valence-corrected chi connectivity index (χ0v) is 20.6. The van der Waals surface area contributed by atoms with Crippen molar-refractivity contribution in [3.8, 4) is 0 Å². The SMILES string of the molecule is O=C(CN1CCN(S(=O)(=O)c2ccc(Br)cc2)CC1)NN=CC(Br)=Cc1ccccc1. The summed E-state index contributed by atoms with van der Waals surface area (Å²) in [5.74, 6) is -0.250. The van der Waals surface area contributed by atoms with Gasteiger partial charge in [-0.05, 0) is 51.8 Å². The van der Waals surface area contributed by atoms with E-state index in [1.165, 1.54) is 10.5 Å². The number of nitrogens with one attached hydrogen (secondary N) is 1. The summed E-state index contributed by atoms with van der Waals surface area (Å²) in [5.41, 5.74) is 3.52. The van der Waals surface area contributed by atoms with Gasteiger partial charge >= 0.3 is 0 Å². The highest BCUT2D eigenvalue weighted by atomic mass is 79.9. The summed E-state index contributed by atoms with van der Waals surface area (Å²) in [4.78, 5) is 14.3. The van der Waals surface area contributed by atoms with Gasteiger partial charge < -0.3 is 0 Å². The summed E-state index contributed by atoms with van der Waals surface area (Å²) in [6, 6.07) is 16.3. The van der Waals surface area contributed by atoms with Crippen LogP contribution in [0, 0.1) is 0 Å². The Balaban J connectivity index is 1.45. The van der Waals surface area contributed by atoms with Crippen molar-refractivity contribution in [2.75, 3.05) is 32.7 Å². The van der Waals surface area contributed by atoms with Gasteiger partial charge in [-0.1, -0.05) is 46.3 Å². The van der Waals surface area contributed by atoms with Gasteiger partial charge in [-0.3, -0.25) is 9.69 Å². The summed E-state index contributed by atoms with van der Waals surface area (Å²) in [5, 5.41) is 3.96. The van der Waals surface area contributed by atoms with E-state index < -0.39 is 10.0 Å². The third-order valence-corrected chi connectivity index (χ3v) is 7.51. The molecule has 0 unspecified atom stereocenters. The minimum Gasteiger partial charge on any atom is -0.292 e. The van der Waals surface area contributed by atoms with Crippen LogP contribution in [0.25, 0.3) is 6.08 Å². The average molecular weight is 570 g/mol. The summed E-state index contributed by atoms with van der Waals surface area (Å²) in [6.07, 6.45) is 3.41. The molecule has 0 radical (unpaired) electrons. The molecule has 1 aliphatic rings. The van der Waals surface area contributed by atoms with Crippen molar-refractivity contribution >= 4 is 60.1 Å². The van der Waals surface area contributed by atoms with Crippen molar-refractivity contribution in [3.63, 3.8) is 0 Å². The lowest BCUT2D eigenvalue weighted by atomic mass is 10.2. The number of rotatable bonds is 7. The Hall–Kier alpha value is -1.85. The van der Waals surface area contributed by atoms with Crippen LogP contribution in [-0.4, -0.2) is 62.5 Å². The van der Waals surface area contributed by atoms with Gasteiger partial charge in [-0.25, -0.2) is 13.8 Å². The van der Waals surface area contributed by atoms with Crippen LogP contribution in [0.2, 0.25) is 0 Å². The fourth-order valence-corrected chi connectivity index (χ4v) is 5.09. The van der Waals surface area contributed by atoms with Crippen LogP contribution in [0.15, 0.2) is 73.5 Å². The Morgan fingerprint density at radius 2 is 1.68 bits per heavy atom. The van der Waals surface area contributed by atoms with Crippen molar-refractivity contribution in [1.29, 1.82) is 0 Å². The molecule has 1 amide bonds. The number of carbonyl (C=O) groups is 1. The van der Waals surface area contributed by atoms with Crippen molar-refractivity contribution in [1.82, 2.24) is 14.6 Å². The van der Waals surface area contributed by atoms with Gasteiger partial charge in [0.25, 0.3) is 5.91 Å². The molecule has 10 heteroatoms. The first kappa shape index (κ1) is 23.8. The minimum atomic E-state index is -3.53. The normalized spacial score (nSPS) is 16.5. The summed E-state index contributed by atoms with van der Waals surface area (Å²) in [6.45, 7) is 1.78. The van der Waals surface area contributed by atoms with E-state index in [1.54, 1.807) is 24.3 Å². The maximum atomic E-state index is 12.7. The molecule has 0 bridgehead atoms. The smallest absolute Gasteiger partial charge is 0.254 e. The van der Waals surface area contributed by atoms with E-state index >= 15 is 0 Å². The molecule has 2 aromatic carbocycles. The largest absolute Gasteiger partial charge is 0.292 e. The van der Waals surface area contributed by atoms with E-state index in [4.69, 9.17) is 0 Å². The standard InChI is InChI=1S/C21H22Br2N4O3S/c22-18-6-8-20(9-7-18)31(29,30)27-12-10-26(11-13-27)16-21(28)25-24-15-19(23)14-17-4-2-1-3-5-17/h1-9,14-15H,10-13,16H2,(H,25,28). The predicted molar refractivity (Wildman–Crippen MR) is 129 cm³/mol. The molecule has 1 heterocycles. The molecule has 7 nitrogen and oxygen atoms in total. The minimum absolute atomic E-state index is 0.156. The third kappa shape index (κ3) is 7.08. The molecule has 0 atom stereocenters. The number of hydrogen-bond acceptors (Lipinski definition) is 5. The molecular formula is C21H22Br2N4O3S. The highest BCUT2D eigenvalue weighted by Gasteiger charge is 2.28. The molecule has 1 fully saturated rings. The number of piperazine rings is 1. The van der Waals surface area contributed by atoms with Crippen LogP contribution in [0.4, 0.5) is 0 Å². The lowest BCUT2D eigenvalue weighted by Gasteiger charge is -2.33. The van der Waals surface area contributed by atoms with Gasteiger partial charge in [0.05, 0.1) is 17.7 Å². The van der Waals surface area contributed by atoms with Crippen molar-refractivity contribution in [3.05, 3.63) is 69.1 Å². The molecule has 0 aliphatic carbocycles. The maximum Gasteiger partial charge on any atom is 0.254 e. The number of allylic oxidation sites excluding steroid dienone is 1.